The summed E-state index contributed by atoms with van der Waals surface area (Å²) in [7, 11) is 0. The molecule has 0 aliphatic carbocycles. The molecule has 0 rings (SSSR count). The van der Waals surface area contributed by atoms with Crippen LogP contribution in [0.5, 0.6) is 0 Å². The van der Waals surface area contributed by atoms with E-state index in [2.05, 4.69) is 55.5 Å². The molecule has 24 heavy (non-hydrogen) atoms. The van der Waals surface area contributed by atoms with E-state index in [1.807, 2.05) is 18.2 Å². The van der Waals surface area contributed by atoms with Gasteiger partial charge in [0, 0.05) is 6.08 Å². The lowest BCUT2D eigenvalue weighted by atomic mass is 10.2. The van der Waals surface area contributed by atoms with E-state index in [0.29, 0.717) is 0 Å². The van der Waals surface area contributed by atoms with Crippen molar-refractivity contribution in [2.24, 2.45) is 0 Å². The van der Waals surface area contributed by atoms with Gasteiger partial charge in [0.05, 0.1) is 0 Å². The smallest absolute Gasteiger partial charge is 0.328 e. The van der Waals surface area contributed by atoms with Crippen LogP contribution in [0.1, 0.15) is 45.4 Å². The lowest BCUT2D eigenvalue weighted by Crippen LogP contribution is -1.84. The Morgan fingerprint density at radius 2 is 1.17 bits per heavy atom. The summed E-state index contributed by atoms with van der Waals surface area (Å²) in [5, 5.41) is 8.40. The van der Waals surface area contributed by atoms with Crippen molar-refractivity contribution in [2.75, 3.05) is 0 Å². The summed E-state index contributed by atoms with van der Waals surface area (Å²) in [6.45, 7) is 2.15. The average Bonchev–Trinajstić information content (AvgIpc) is 2.56. The van der Waals surface area contributed by atoms with E-state index >= 15 is 0 Å². The number of carbonyl (C=O) groups is 1. The Morgan fingerprint density at radius 1 is 0.667 bits per heavy atom. The summed E-state index contributed by atoms with van der Waals surface area (Å²) in [6, 6.07) is 0. The SMILES string of the molecule is CCC=CCC=CCC=CCCC=CC=CCC=CC=CC(=O)O. The van der Waals surface area contributed by atoms with Gasteiger partial charge in [0.25, 0.3) is 0 Å². The van der Waals surface area contributed by atoms with Crippen molar-refractivity contribution in [3.8, 4) is 0 Å². The van der Waals surface area contributed by atoms with Crippen LogP contribution in [0, 0.1) is 0 Å². The van der Waals surface area contributed by atoms with Crippen molar-refractivity contribution in [1.82, 2.24) is 0 Å². The zero-order valence-corrected chi connectivity index (χ0v) is 14.7. The van der Waals surface area contributed by atoms with Crippen molar-refractivity contribution >= 4 is 5.97 Å². The normalized spacial score (nSPS) is 13.4. The molecule has 1 N–H and O–H groups in total. The van der Waals surface area contributed by atoms with E-state index in [4.69, 9.17) is 5.11 Å². The molecule has 0 bridgehead atoms. The number of unbranched alkanes of at least 4 members (excludes halogenated alkanes) is 1. The highest BCUT2D eigenvalue weighted by Crippen LogP contribution is 1.97. The average molecular weight is 326 g/mol. The van der Waals surface area contributed by atoms with Crippen LogP contribution in [0.3, 0.4) is 0 Å². The van der Waals surface area contributed by atoms with E-state index in [-0.39, 0.29) is 0 Å². The van der Waals surface area contributed by atoms with Crippen LogP contribution in [0.2, 0.25) is 0 Å². The molecule has 0 spiro atoms. The summed E-state index contributed by atoms with van der Waals surface area (Å²) in [6.07, 6.45) is 33.8. The minimum absolute atomic E-state index is 0.800. The van der Waals surface area contributed by atoms with Crippen LogP contribution in [0.25, 0.3) is 0 Å². The predicted molar refractivity (Wildman–Crippen MR) is 105 cm³/mol. The van der Waals surface area contributed by atoms with Gasteiger partial charge in [0.1, 0.15) is 0 Å². The Kier molecular flexibility index (Phi) is 16.9. The summed E-state index contributed by atoms with van der Waals surface area (Å²) in [5.74, 6) is -0.924. The second-order valence-electron chi connectivity index (χ2n) is 5.09. The number of allylic oxidation sites excluding steroid dienone is 13. The minimum Gasteiger partial charge on any atom is -0.478 e. The van der Waals surface area contributed by atoms with Crippen molar-refractivity contribution in [3.05, 3.63) is 85.1 Å². The lowest BCUT2D eigenvalue weighted by Gasteiger charge is -1.86. The Labute approximate surface area is 147 Å². The van der Waals surface area contributed by atoms with Crippen LogP contribution in [-0.2, 0) is 4.79 Å². The fourth-order valence-electron chi connectivity index (χ4n) is 1.72. The topological polar surface area (TPSA) is 37.3 Å². The highest BCUT2D eigenvalue weighted by molar-refractivity contribution is 5.80. The number of rotatable bonds is 13. The molecule has 0 aliphatic heterocycles. The van der Waals surface area contributed by atoms with Crippen molar-refractivity contribution < 1.29 is 9.90 Å². The molecule has 0 unspecified atom stereocenters. The molecule has 0 atom stereocenters. The van der Waals surface area contributed by atoms with Crippen molar-refractivity contribution in [3.63, 3.8) is 0 Å². The summed E-state index contributed by atoms with van der Waals surface area (Å²) in [4.78, 5) is 10.2. The van der Waals surface area contributed by atoms with Crippen molar-refractivity contribution in [2.45, 2.75) is 45.4 Å². The first-order valence-corrected chi connectivity index (χ1v) is 8.60. The molecule has 0 fully saturated rings. The van der Waals surface area contributed by atoms with Gasteiger partial charge in [0.2, 0.25) is 0 Å². The maximum atomic E-state index is 10.2. The molecular weight excluding hydrogens is 296 g/mol. The standard InChI is InChI=1S/C22H30O2/c1-2-3-4-5-6-7-8-9-10-11-12-13-14-15-16-17-18-19-20-21-22(23)24/h3-4,6-7,9-10,13-16,18-21H,2,5,8,11-12,17H2,1H3,(H,23,24). The molecule has 0 heterocycles. The molecule has 0 aromatic carbocycles. The number of carboxylic acids is 1. The highest BCUT2D eigenvalue weighted by Gasteiger charge is 1.80. The van der Waals surface area contributed by atoms with Gasteiger partial charge in [-0.3, -0.25) is 0 Å². The molecule has 0 radical (unpaired) electrons. The minimum atomic E-state index is -0.924. The maximum Gasteiger partial charge on any atom is 0.328 e. The van der Waals surface area contributed by atoms with E-state index in [1.165, 1.54) is 6.08 Å². The van der Waals surface area contributed by atoms with Crippen molar-refractivity contribution in [1.29, 1.82) is 0 Å². The molecule has 0 saturated heterocycles. The number of hydrogen-bond donors (Lipinski definition) is 1. The fourth-order valence-corrected chi connectivity index (χ4v) is 1.72. The highest BCUT2D eigenvalue weighted by atomic mass is 16.4. The van der Waals surface area contributed by atoms with E-state index < -0.39 is 5.97 Å². The van der Waals surface area contributed by atoms with Crippen LogP contribution >= 0.6 is 0 Å². The van der Waals surface area contributed by atoms with Gasteiger partial charge in [0.15, 0.2) is 0 Å². The molecule has 0 saturated carbocycles. The van der Waals surface area contributed by atoms with E-state index in [9.17, 15) is 4.79 Å². The molecule has 0 aromatic rings. The molecule has 0 aromatic heterocycles. The van der Waals surface area contributed by atoms with Gasteiger partial charge in [-0.15, -0.1) is 0 Å². The van der Waals surface area contributed by atoms with Crippen LogP contribution in [-0.4, -0.2) is 11.1 Å². The van der Waals surface area contributed by atoms with Crippen LogP contribution in [0.15, 0.2) is 85.1 Å². The molecule has 2 nitrogen and oxygen atoms in total. The van der Waals surface area contributed by atoms with E-state index in [0.717, 1.165) is 44.6 Å². The number of hydrogen-bond acceptors (Lipinski definition) is 1. The summed E-state index contributed by atoms with van der Waals surface area (Å²) < 4.78 is 0. The van der Waals surface area contributed by atoms with Gasteiger partial charge < -0.3 is 5.11 Å². The Hall–Kier alpha value is -2.35. The Morgan fingerprint density at radius 3 is 1.83 bits per heavy atom. The molecule has 2 heteroatoms. The first-order valence-electron chi connectivity index (χ1n) is 8.60. The Balaban J connectivity index is 3.58. The Bertz CT molecular complexity index is 500. The quantitative estimate of drug-likeness (QED) is 0.186. The number of aliphatic carboxylic acids is 1. The molecule has 0 aliphatic rings. The monoisotopic (exact) mass is 326 g/mol. The molecule has 0 amide bonds. The van der Waals surface area contributed by atoms with Gasteiger partial charge in [-0.2, -0.15) is 0 Å². The summed E-state index contributed by atoms with van der Waals surface area (Å²) >= 11 is 0. The zero-order valence-electron chi connectivity index (χ0n) is 14.7. The first-order chi connectivity index (χ1) is 11.8. The summed E-state index contributed by atoms with van der Waals surface area (Å²) in [5.41, 5.74) is 0. The van der Waals surface area contributed by atoms with E-state index in [1.54, 1.807) is 6.08 Å². The van der Waals surface area contributed by atoms with Gasteiger partial charge in [-0.05, 0) is 38.5 Å². The third kappa shape index (κ3) is 19.7. The van der Waals surface area contributed by atoms with Crippen LogP contribution < -0.4 is 0 Å². The zero-order chi connectivity index (χ0) is 17.7. The lowest BCUT2D eigenvalue weighted by molar-refractivity contribution is -0.131. The van der Waals surface area contributed by atoms with Gasteiger partial charge in [-0.25, -0.2) is 4.79 Å². The van der Waals surface area contributed by atoms with Crippen LogP contribution in [0.4, 0.5) is 0 Å². The maximum absolute atomic E-state index is 10.2. The fraction of sp³-hybridized carbons (Fsp3) is 0.318. The molecule has 130 valence electrons. The second-order valence-corrected chi connectivity index (χ2v) is 5.09. The van der Waals surface area contributed by atoms with Gasteiger partial charge >= 0.3 is 5.97 Å². The third-order valence-corrected chi connectivity index (χ3v) is 2.92. The third-order valence-electron chi connectivity index (χ3n) is 2.92. The first kappa shape index (κ1) is 21.6. The number of carboxylic acid groups (broad SMARTS) is 1. The predicted octanol–water partition coefficient (Wildman–Crippen LogP) is 6.32. The molecular formula is C22H30O2. The largest absolute Gasteiger partial charge is 0.478 e. The second kappa shape index (κ2) is 18.7. The van der Waals surface area contributed by atoms with Gasteiger partial charge in [-0.1, -0.05) is 85.9 Å².